The molecule has 0 aliphatic carbocycles. The molecule has 1 aromatic heterocycles. The standard InChI is InChI=1S/C12H10N2O4/c1-13-4-5-14(12(16)11(13)15)8-2-3-9-10(6-8)18-7-17-9/h2-6H,7H2,1H3. The average molecular weight is 246 g/mol. The first kappa shape index (κ1) is 10.6. The molecule has 1 aromatic carbocycles. The van der Waals surface area contributed by atoms with E-state index in [1.807, 2.05) is 0 Å². The zero-order chi connectivity index (χ0) is 12.7. The van der Waals surface area contributed by atoms with Crippen molar-refractivity contribution in [3.05, 3.63) is 51.3 Å². The number of nitrogens with zero attached hydrogens (tertiary/aromatic N) is 2. The van der Waals surface area contributed by atoms with Crippen LogP contribution in [0.4, 0.5) is 0 Å². The fourth-order valence-electron chi connectivity index (χ4n) is 1.79. The van der Waals surface area contributed by atoms with E-state index in [9.17, 15) is 9.59 Å². The Morgan fingerprint density at radius 1 is 1.06 bits per heavy atom. The van der Waals surface area contributed by atoms with Gasteiger partial charge in [0.05, 0.1) is 5.69 Å². The molecule has 0 saturated heterocycles. The van der Waals surface area contributed by atoms with E-state index in [1.54, 1.807) is 24.4 Å². The van der Waals surface area contributed by atoms with Crippen LogP contribution in [0.1, 0.15) is 0 Å². The molecule has 3 rings (SSSR count). The number of ether oxygens (including phenoxy) is 2. The smallest absolute Gasteiger partial charge is 0.320 e. The van der Waals surface area contributed by atoms with Crippen LogP contribution < -0.4 is 20.6 Å². The highest BCUT2D eigenvalue weighted by Gasteiger charge is 2.14. The number of benzene rings is 1. The molecule has 2 aromatic rings. The van der Waals surface area contributed by atoms with Gasteiger partial charge < -0.3 is 14.0 Å². The fraction of sp³-hybridized carbons (Fsp3) is 0.167. The van der Waals surface area contributed by atoms with E-state index in [0.717, 1.165) is 0 Å². The summed E-state index contributed by atoms with van der Waals surface area (Å²) in [5, 5.41) is 0. The highest BCUT2D eigenvalue weighted by atomic mass is 16.7. The van der Waals surface area contributed by atoms with Crippen LogP contribution in [-0.2, 0) is 7.05 Å². The predicted molar refractivity (Wildman–Crippen MR) is 63.4 cm³/mol. The molecule has 0 unspecified atom stereocenters. The molecule has 0 atom stereocenters. The summed E-state index contributed by atoms with van der Waals surface area (Å²) >= 11 is 0. The van der Waals surface area contributed by atoms with E-state index in [2.05, 4.69) is 0 Å². The SMILES string of the molecule is Cn1ccn(-c2ccc3c(c2)OCO3)c(=O)c1=O. The van der Waals surface area contributed by atoms with Gasteiger partial charge in [0.2, 0.25) is 6.79 Å². The van der Waals surface area contributed by atoms with E-state index < -0.39 is 11.1 Å². The second-order valence-electron chi connectivity index (χ2n) is 3.93. The van der Waals surface area contributed by atoms with Crippen molar-refractivity contribution in [2.45, 2.75) is 0 Å². The van der Waals surface area contributed by atoms with E-state index in [4.69, 9.17) is 9.47 Å². The lowest BCUT2D eigenvalue weighted by Crippen LogP contribution is -2.38. The summed E-state index contributed by atoms with van der Waals surface area (Å²) in [5.74, 6) is 1.20. The first-order chi connectivity index (χ1) is 8.66. The van der Waals surface area contributed by atoms with Gasteiger partial charge in [-0.3, -0.25) is 14.2 Å². The highest BCUT2D eigenvalue weighted by Crippen LogP contribution is 2.33. The van der Waals surface area contributed by atoms with Gasteiger partial charge in [0, 0.05) is 25.5 Å². The normalized spacial score (nSPS) is 12.7. The number of hydrogen-bond donors (Lipinski definition) is 0. The molecule has 0 spiro atoms. The van der Waals surface area contributed by atoms with Gasteiger partial charge >= 0.3 is 11.1 Å². The third-order valence-corrected chi connectivity index (χ3v) is 2.80. The summed E-state index contributed by atoms with van der Waals surface area (Å²) in [7, 11) is 1.54. The predicted octanol–water partition coefficient (Wildman–Crippen LogP) is 0.265. The van der Waals surface area contributed by atoms with Gasteiger partial charge in [-0.2, -0.15) is 0 Å². The van der Waals surface area contributed by atoms with Crippen molar-refractivity contribution < 1.29 is 9.47 Å². The van der Waals surface area contributed by atoms with Crippen molar-refractivity contribution in [3.8, 4) is 17.2 Å². The average Bonchev–Trinajstić information content (AvgIpc) is 2.83. The molecule has 0 fully saturated rings. The van der Waals surface area contributed by atoms with Gasteiger partial charge in [-0.1, -0.05) is 0 Å². The molecule has 0 N–H and O–H groups in total. The monoisotopic (exact) mass is 246 g/mol. The lowest BCUT2D eigenvalue weighted by atomic mass is 10.2. The van der Waals surface area contributed by atoms with Crippen LogP contribution in [0.5, 0.6) is 11.5 Å². The molecule has 1 aliphatic rings. The number of rotatable bonds is 1. The van der Waals surface area contributed by atoms with Gasteiger partial charge in [0.1, 0.15) is 0 Å². The summed E-state index contributed by atoms with van der Waals surface area (Å²) in [5.41, 5.74) is -0.601. The molecule has 92 valence electrons. The first-order valence-corrected chi connectivity index (χ1v) is 5.35. The quantitative estimate of drug-likeness (QED) is 0.677. The molecule has 0 saturated carbocycles. The van der Waals surface area contributed by atoms with E-state index in [1.165, 1.54) is 22.4 Å². The molecule has 18 heavy (non-hydrogen) atoms. The van der Waals surface area contributed by atoms with Crippen molar-refractivity contribution in [1.29, 1.82) is 0 Å². The Bertz CT molecular complexity index is 730. The Balaban J connectivity index is 2.19. The summed E-state index contributed by atoms with van der Waals surface area (Å²) in [4.78, 5) is 23.4. The summed E-state index contributed by atoms with van der Waals surface area (Å²) < 4.78 is 12.9. The van der Waals surface area contributed by atoms with Gasteiger partial charge in [-0.05, 0) is 12.1 Å². The molecular formula is C12H10N2O4. The largest absolute Gasteiger partial charge is 0.454 e. The Kier molecular flexibility index (Phi) is 2.22. The van der Waals surface area contributed by atoms with Gasteiger partial charge in [-0.15, -0.1) is 0 Å². The fourth-order valence-corrected chi connectivity index (χ4v) is 1.79. The molecule has 6 nitrogen and oxygen atoms in total. The van der Waals surface area contributed by atoms with Crippen LogP contribution in [0.15, 0.2) is 40.2 Å². The van der Waals surface area contributed by atoms with Gasteiger partial charge in [0.25, 0.3) is 0 Å². The highest BCUT2D eigenvalue weighted by molar-refractivity contribution is 5.49. The molecule has 2 heterocycles. The van der Waals surface area contributed by atoms with Crippen molar-refractivity contribution in [2.24, 2.45) is 7.05 Å². The van der Waals surface area contributed by atoms with E-state index in [-0.39, 0.29) is 6.79 Å². The molecule has 6 heteroatoms. The lowest BCUT2D eigenvalue weighted by Gasteiger charge is -2.06. The Morgan fingerprint density at radius 3 is 2.67 bits per heavy atom. The summed E-state index contributed by atoms with van der Waals surface area (Å²) in [6.45, 7) is 0.171. The van der Waals surface area contributed by atoms with Crippen molar-refractivity contribution in [2.75, 3.05) is 6.79 Å². The van der Waals surface area contributed by atoms with Crippen LogP contribution >= 0.6 is 0 Å². The third kappa shape index (κ3) is 1.50. The zero-order valence-corrected chi connectivity index (χ0v) is 9.62. The summed E-state index contributed by atoms with van der Waals surface area (Å²) in [6.07, 6.45) is 3.08. The molecule has 0 amide bonds. The van der Waals surface area contributed by atoms with Crippen molar-refractivity contribution in [3.63, 3.8) is 0 Å². The number of fused-ring (bicyclic) bond motifs is 1. The Labute approximate surface area is 102 Å². The third-order valence-electron chi connectivity index (χ3n) is 2.80. The second-order valence-corrected chi connectivity index (χ2v) is 3.93. The maximum atomic E-state index is 11.8. The first-order valence-electron chi connectivity index (χ1n) is 5.35. The number of hydrogen-bond acceptors (Lipinski definition) is 4. The van der Waals surface area contributed by atoms with Crippen molar-refractivity contribution in [1.82, 2.24) is 9.13 Å². The van der Waals surface area contributed by atoms with Crippen LogP contribution in [0.2, 0.25) is 0 Å². The Morgan fingerprint density at radius 2 is 1.83 bits per heavy atom. The van der Waals surface area contributed by atoms with Crippen molar-refractivity contribution >= 4 is 0 Å². The molecule has 0 bridgehead atoms. The molecule has 0 radical (unpaired) electrons. The topological polar surface area (TPSA) is 62.5 Å². The van der Waals surface area contributed by atoms with E-state index in [0.29, 0.717) is 17.2 Å². The Hall–Kier alpha value is -2.50. The second kappa shape index (κ2) is 3.76. The minimum absolute atomic E-state index is 0.171. The minimum atomic E-state index is -0.598. The molecule has 1 aliphatic heterocycles. The zero-order valence-electron chi connectivity index (χ0n) is 9.62. The molecular weight excluding hydrogens is 236 g/mol. The van der Waals surface area contributed by atoms with Crippen LogP contribution in [0.3, 0.4) is 0 Å². The van der Waals surface area contributed by atoms with Gasteiger partial charge in [-0.25, -0.2) is 0 Å². The van der Waals surface area contributed by atoms with Crippen LogP contribution in [-0.4, -0.2) is 15.9 Å². The van der Waals surface area contributed by atoms with Crippen LogP contribution in [0, 0.1) is 0 Å². The van der Waals surface area contributed by atoms with Crippen LogP contribution in [0.25, 0.3) is 5.69 Å². The lowest BCUT2D eigenvalue weighted by molar-refractivity contribution is 0.174. The maximum Gasteiger partial charge on any atom is 0.320 e. The van der Waals surface area contributed by atoms with Gasteiger partial charge in [0.15, 0.2) is 11.5 Å². The summed E-state index contributed by atoms with van der Waals surface area (Å²) in [6, 6.07) is 5.08. The minimum Gasteiger partial charge on any atom is -0.454 e. The number of aryl methyl sites for hydroxylation is 1. The van der Waals surface area contributed by atoms with E-state index >= 15 is 0 Å². The maximum absolute atomic E-state index is 11.8. The number of aromatic nitrogens is 2.